The van der Waals surface area contributed by atoms with Gasteiger partial charge in [0.05, 0.1) is 25.8 Å². The van der Waals surface area contributed by atoms with Crippen LogP contribution < -0.4 is 14.4 Å². The second-order valence-electron chi connectivity index (χ2n) is 7.94. The van der Waals surface area contributed by atoms with Crippen molar-refractivity contribution in [2.75, 3.05) is 19.1 Å². The zero-order chi connectivity index (χ0) is 23.7. The predicted octanol–water partition coefficient (Wildman–Crippen LogP) is 4.95. The van der Waals surface area contributed by atoms with Crippen LogP contribution in [-0.4, -0.2) is 31.0 Å². The normalized spacial score (nSPS) is 17.3. The minimum Gasteiger partial charge on any atom is -0.507 e. The third-order valence-electron chi connectivity index (χ3n) is 5.84. The molecule has 1 aliphatic rings. The lowest BCUT2D eigenvalue weighted by molar-refractivity contribution is -0.132. The van der Waals surface area contributed by atoms with E-state index in [1.807, 2.05) is 62.4 Å². The zero-order valence-corrected chi connectivity index (χ0v) is 19.0. The van der Waals surface area contributed by atoms with Gasteiger partial charge in [-0.3, -0.25) is 14.5 Å². The van der Waals surface area contributed by atoms with E-state index in [1.165, 1.54) is 19.1 Å². The molecule has 1 saturated heterocycles. The van der Waals surface area contributed by atoms with Crippen LogP contribution in [0, 0.1) is 13.8 Å². The van der Waals surface area contributed by atoms with Crippen molar-refractivity contribution in [3.63, 3.8) is 0 Å². The van der Waals surface area contributed by atoms with Crippen molar-refractivity contribution in [2.24, 2.45) is 0 Å². The fraction of sp³-hybridized carbons (Fsp3) is 0.185. The van der Waals surface area contributed by atoms with Gasteiger partial charge in [0, 0.05) is 11.3 Å². The average molecular weight is 443 g/mol. The molecule has 1 N–H and O–H groups in total. The number of hydrogen-bond donors (Lipinski definition) is 1. The molecule has 1 amide bonds. The molecule has 3 aromatic carbocycles. The van der Waals surface area contributed by atoms with Crippen LogP contribution in [0.5, 0.6) is 11.5 Å². The Balaban J connectivity index is 1.96. The average Bonchev–Trinajstić information content (AvgIpc) is 3.10. The monoisotopic (exact) mass is 443 g/mol. The lowest BCUT2D eigenvalue weighted by atomic mass is 9.94. The van der Waals surface area contributed by atoms with Crippen LogP contribution in [0.4, 0.5) is 5.69 Å². The topological polar surface area (TPSA) is 76.1 Å². The quantitative estimate of drug-likeness (QED) is 0.343. The summed E-state index contributed by atoms with van der Waals surface area (Å²) >= 11 is 0. The zero-order valence-electron chi connectivity index (χ0n) is 19.0. The molecule has 0 spiro atoms. The number of carbonyl (C=O) groups is 2. The summed E-state index contributed by atoms with van der Waals surface area (Å²) in [5.74, 6) is -0.793. The van der Waals surface area contributed by atoms with Gasteiger partial charge in [0.2, 0.25) is 0 Å². The Bertz CT molecular complexity index is 1260. The first kappa shape index (κ1) is 22.1. The number of nitrogens with zero attached hydrogens (tertiary/aromatic N) is 1. The summed E-state index contributed by atoms with van der Waals surface area (Å²) in [5, 5.41) is 11.3. The number of aliphatic hydroxyl groups is 1. The molecule has 0 saturated carbocycles. The van der Waals surface area contributed by atoms with E-state index in [1.54, 1.807) is 18.2 Å². The van der Waals surface area contributed by atoms with Gasteiger partial charge in [-0.15, -0.1) is 0 Å². The van der Waals surface area contributed by atoms with E-state index in [4.69, 9.17) is 9.47 Å². The van der Waals surface area contributed by atoms with Crippen molar-refractivity contribution in [1.82, 2.24) is 0 Å². The number of rotatable bonds is 5. The molecule has 1 atom stereocenters. The van der Waals surface area contributed by atoms with E-state index in [9.17, 15) is 14.7 Å². The summed E-state index contributed by atoms with van der Waals surface area (Å²) < 4.78 is 10.6. The van der Waals surface area contributed by atoms with E-state index in [-0.39, 0.29) is 11.3 Å². The van der Waals surface area contributed by atoms with Gasteiger partial charge in [-0.2, -0.15) is 0 Å². The molecule has 168 valence electrons. The third kappa shape index (κ3) is 3.84. The Labute approximate surface area is 192 Å². The lowest BCUT2D eigenvalue weighted by Crippen LogP contribution is -2.30. The van der Waals surface area contributed by atoms with E-state index < -0.39 is 17.7 Å². The smallest absolute Gasteiger partial charge is 0.300 e. The van der Waals surface area contributed by atoms with Crippen LogP contribution in [0.1, 0.15) is 28.3 Å². The molecule has 0 aromatic heterocycles. The largest absolute Gasteiger partial charge is 0.507 e. The van der Waals surface area contributed by atoms with Crippen molar-refractivity contribution in [3.05, 3.63) is 94.6 Å². The van der Waals surface area contributed by atoms with Gasteiger partial charge in [-0.05, 0) is 54.8 Å². The van der Waals surface area contributed by atoms with Crippen molar-refractivity contribution in [3.8, 4) is 11.5 Å². The SMILES string of the molecule is COc1ccc(/C(O)=C2/C(=O)C(=O)N(c3cc(C)ccc3C)C2c2ccccc2)cc1OC. The van der Waals surface area contributed by atoms with E-state index >= 15 is 0 Å². The van der Waals surface area contributed by atoms with Crippen LogP contribution in [-0.2, 0) is 9.59 Å². The maximum atomic E-state index is 13.3. The summed E-state index contributed by atoms with van der Waals surface area (Å²) in [7, 11) is 3.01. The first-order valence-electron chi connectivity index (χ1n) is 10.5. The van der Waals surface area contributed by atoms with Gasteiger partial charge in [-0.25, -0.2) is 0 Å². The van der Waals surface area contributed by atoms with Gasteiger partial charge in [0.15, 0.2) is 11.5 Å². The molecule has 6 heteroatoms. The van der Waals surface area contributed by atoms with E-state index in [0.29, 0.717) is 22.7 Å². The number of hydrogen-bond acceptors (Lipinski definition) is 5. The molecule has 0 radical (unpaired) electrons. The van der Waals surface area contributed by atoms with Gasteiger partial charge < -0.3 is 14.6 Å². The van der Waals surface area contributed by atoms with Crippen LogP contribution in [0.2, 0.25) is 0 Å². The van der Waals surface area contributed by atoms with Crippen LogP contribution in [0.25, 0.3) is 5.76 Å². The Kier molecular flexibility index (Phi) is 5.92. The standard InChI is InChI=1S/C27H25NO5/c1-16-10-11-17(2)20(14-16)28-24(18-8-6-5-7-9-18)23(26(30)27(28)31)25(29)19-12-13-21(32-3)22(15-19)33-4/h5-15,24,29H,1-4H3/b25-23-. The number of aliphatic hydroxyl groups excluding tert-OH is 1. The number of benzene rings is 3. The van der Waals surface area contributed by atoms with Crippen molar-refractivity contribution < 1.29 is 24.2 Å². The second kappa shape index (κ2) is 8.82. The Morgan fingerprint density at radius 3 is 2.24 bits per heavy atom. The van der Waals surface area contributed by atoms with Gasteiger partial charge in [0.1, 0.15) is 5.76 Å². The third-order valence-corrected chi connectivity index (χ3v) is 5.84. The van der Waals surface area contributed by atoms with E-state index in [2.05, 4.69) is 0 Å². The minimum atomic E-state index is -0.778. The molecule has 4 rings (SSSR count). The highest BCUT2D eigenvalue weighted by molar-refractivity contribution is 6.51. The number of Topliss-reactive ketones (excluding diaryl/α,β-unsaturated/α-hetero) is 1. The Hall–Kier alpha value is -4.06. The number of methoxy groups -OCH3 is 2. The number of anilines is 1. The van der Waals surface area contributed by atoms with Gasteiger partial charge in [0.25, 0.3) is 11.7 Å². The predicted molar refractivity (Wildman–Crippen MR) is 127 cm³/mol. The molecule has 3 aromatic rings. The Morgan fingerprint density at radius 1 is 0.879 bits per heavy atom. The molecule has 1 aliphatic heterocycles. The van der Waals surface area contributed by atoms with Crippen molar-refractivity contribution in [2.45, 2.75) is 19.9 Å². The van der Waals surface area contributed by atoms with Crippen LogP contribution in [0.15, 0.2) is 72.3 Å². The summed E-state index contributed by atoms with van der Waals surface area (Å²) in [5.41, 5.74) is 3.56. The molecule has 1 heterocycles. The van der Waals surface area contributed by atoms with Gasteiger partial charge >= 0.3 is 0 Å². The van der Waals surface area contributed by atoms with E-state index in [0.717, 1.165) is 16.7 Å². The van der Waals surface area contributed by atoms with Gasteiger partial charge in [-0.1, -0.05) is 42.5 Å². The Morgan fingerprint density at radius 2 is 1.58 bits per heavy atom. The lowest BCUT2D eigenvalue weighted by Gasteiger charge is -2.27. The number of ketones is 1. The number of amides is 1. The molecular weight excluding hydrogens is 418 g/mol. The number of ether oxygens (including phenoxy) is 2. The summed E-state index contributed by atoms with van der Waals surface area (Å²) in [6.45, 7) is 3.82. The van der Waals surface area contributed by atoms with Crippen LogP contribution in [0.3, 0.4) is 0 Å². The first-order valence-corrected chi connectivity index (χ1v) is 10.5. The molecule has 0 bridgehead atoms. The maximum absolute atomic E-state index is 13.3. The highest BCUT2D eigenvalue weighted by atomic mass is 16.5. The molecule has 1 unspecified atom stereocenters. The molecule has 33 heavy (non-hydrogen) atoms. The van der Waals surface area contributed by atoms with Crippen molar-refractivity contribution >= 4 is 23.1 Å². The summed E-state index contributed by atoms with van der Waals surface area (Å²) in [4.78, 5) is 28.1. The molecular formula is C27H25NO5. The molecule has 6 nitrogen and oxygen atoms in total. The highest BCUT2D eigenvalue weighted by Crippen LogP contribution is 2.43. The molecule has 0 aliphatic carbocycles. The van der Waals surface area contributed by atoms with Crippen LogP contribution >= 0.6 is 0 Å². The highest BCUT2D eigenvalue weighted by Gasteiger charge is 2.47. The minimum absolute atomic E-state index is 0.0272. The molecule has 1 fully saturated rings. The number of aryl methyl sites for hydroxylation is 2. The second-order valence-corrected chi connectivity index (χ2v) is 7.94. The maximum Gasteiger partial charge on any atom is 0.300 e. The fourth-order valence-electron chi connectivity index (χ4n) is 4.15. The van der Waals surface area contributed by atoms with Crippen molar-refractivity contribution in [1.29, 1.82) is 0 Å². The number of carbonyl (C=O) groups excluding carboxylic acids is 2. The first-order chi connectivity index (χ1) is 15.9. The summed E-state index contributed by atoms with van der Waals surface area (Å²) in [6.07, 6.45) is 0. The fourth-order valence-corrected chi connectivity index (χ4v) is 4.15. The summed E-state index contributed by atoms with van der Waals surface area (Å²) in [6, 6.07) is 19.1.